The zero-order valence-electron chi connectivity index (χ0n) is 18.1. The third-order valence-electron chi connectivity index (χ3n) is 5.91. The number of benzene rings is 3. The van der Waals surface area contributed by atoms with Gasteiger partial charge < -0.3 is 9.84 Å². The molecule has 0 aliphatic carbocycles. The fraction of sp³-hybridized carbons (Fsp3) is 0.231. The van der Waals surface area contributed by atoms with Crippen LogP contribution in [0.2, 0.25) is 0 Å². The molecule has 3 aromatic rings. The summed E-state index contributed by atoms with van der Waals surface area (Å²) in [5, 5.41) is 11.7. The summed E-state index contributed by atoms with van der Waals surface area (Å²) in [4.78, 5) is 34.2. The molecule has 1 N–H and O–H groups in total. The molecule has 2 heterocycles. The summed E-state index contributed by atoms with van der Waals surface area (Å²) >= 11 is 0. The molecule has 2 saturated heterocycles. The number of carbonyl (C=O) groups excluding carboxylic acids is 2. The van der Waals surface area contributed by atoms with Gasteiger partial charge in [-0.1, -0.05) is 37.3 Å². The van der Waals surface area contributed by atoms with Crippen molar-refractivity contribution < 1.29 is 24.3 Å². The van der Waals surface area contributed by atoms with E-state index in [0.717, 1.165) is 12.1 Å². The van der Waals surface area contributed by atoms with Crippen molar-refractivity contribution in [2.75, 3.05) is 16.6 Å². The third-order valence-corrected chi connectivity index (χ3v) is 5.91. The Morgan fingerprint density at radius 3 is 2.36 bits per heavy atom. The average Bonchev–Trinajstić information content (AvgIpc) is 3.35. The molecule has 0 unspecified atom stereocenters. The summed E-state index contributed by atoms with van der Waals surface area (Å²) in [5.41, 5.74) is 1.90. The maximum Gasteiger partial charge on any atom is 0.266 e. The van der Waals surface area contributed by atoms with E-state index in [1.54, 1.807) is 47.5 Å². The van der Waals surface area contributed by atoms with Gasteiger partial charge in [-0.25, -0.2) is 9.96 Å². The van der Waals surface area contributed by atoms with E-state index >= 15 is 0 Å². The molecule has 3 aromatic carbocycles. The highest BCUT2D eigenvalue weighted by molar-refractivity contribution is 6.23. The van der Waals surface area contributed by atoms with Crippen molar-refractivity contribution in [3.8, 4) is 11.5 Å². The van der Waals surface area contributed by atoms with E-state index in [0.29, 0.717) is 23.6 Å². The minimum atomic E-state index is -0.957. The molecule has 33 heavy (non-hydrogen) atoms. The Kier molecular flexibility index (Phi) is 5.48. The Hall–Kier alpha value is -3.84. The first-order chi connectivity index (χ1) is 16.1. The lowest BCUT2D eigenvalue weighted by Gasteiger charge is -2.28. The van der Waals surface area contributed by atoms with E-state index in [1.165, 1.54) is 4.90 Å². The van der Waals surface area contributed by atoms with Gasteiger partial charge in [-0.3, -0.25) is 14.4 Å². The summed E-state index contributed by atoms with van der Waals surface area (Å²) in [7, 11) is 0. The second-order valence-electron chi connectivity index (χ2n) is 8.11. The van der Waals surface area contributed by atoms with Crippen molar-refractivity contribution in [1.82, 2.24) is 0 Å². The molecular weight excluding hydrogens is 420 g/mol. The maximum absolute atomic E-state index is 13.6. The van der Waals surface area contributed by atoms with E-state index in [-0.39, 0.29) is 11.7 Å². The number of amides is 2. The molecule has 0 aromatic heterocycles. The minimum Gasteiger partial charge on any atom is -0.508 e. The average molecular weight is 444 g/mol. The minimum absolute atomic E-state index is 0.0836. The van der Waals surface area contributed by atoms with Crippen LogP contribution in [-0.2, 0) is 14.4 Å². The van der Waals surface area contributed by atoms with Crippen LogP contribution in [0.1, 0.15) is 24.9 Å². The van der Waals surface area contributed by atoms with Crippen LogP contribution in [-0.4, -0.2) is 29.6 Å². The van der Waals surface area contributed by atoms with Crippen LogP contribution in [0.5, 0.6) is 11.5 Å². The first kappa shape index (κ1) is 21.0. The number of phenolic OH excluding ortho intramolecular Hbond substituents is 1. The molecule has 0 spiro atoms. The molecule has 5 rings (SSSR count). The van der Waals surface area contributed by atoms with Crippen molar-refractivity contribution in [2.45, 2.75) is 25.5 Å². The summed E-state index contributed by atoms with van der Waals surface area (Å²) in [5.74, 6) is -0.727. The normalized spacial score (nSPS) is 22.0. The number of phenols is 1. The van der Waals surface area contributed by atoms with E-state index < -0.39 is 24.0 Å². The van der Waals surface area contributed by atoms with Gasteiger partial charge in [0.25, 0.3) is 5.91 Å². The fourth-order valence-electron chi connectivity index (χ4n) is 4.43. The number of ether oxygens (including phenoxy) is 1. The number of anilines is 2. The molecule has 0 radical (unpaired) electrons. The fourth-order valence-corrected chi connectivity index (χ4v) is 4.43. The van der Waals surface area contributed by atoms with E-state index in [4.69, 9.17) is 9.57 Å². The number of imide groups is 1. The zero-order valence-corrected chi connectivity index (χ0v) is 18.1. The lowest BCUT2D eigenvalue weighted by atomic mass is 9.90. The summed E-state index contributed by atoms with van der Waals surface area (Å²) < 4.78 is 5.61. The Balaban J connectivity index is 1.50. The quantitative estimate of drug-likeness (QED) is 0.573. The van der Waals surface area contributed by atoms with Gasteiger partial charge in [0.15, 0.2) is 6.10 Å². The number of hydrogen-bond donors (Lipinski definition) is 1. The molecule has 2 aliphatic heterocycles. The first-order valence-corrected chi connectivity index (χ1v) is 11.0. The van der Waals surface area contributed by atoms with Gasteiger partial charge in [-0.2, -0.15) is 0 Å². The van der Waals surface area contributed by atoms with Crippen LogP contribution in [0.25, 0.3) is 0 Å². The molecule has 0 saturated carbocycles. The molecule has 2 aliphatic rings. The number of rotatable bonds is 6. The van der Waals surface area contributed by atoms with E-state index in [1.807, 2.05) is 43.3 Å². The van der Waals surface area contributed by atoms with Gasteiger partial charge in [-0.15, -0.1) is 0 Å². The highest BCUT2D eigenvalue weighted by Gasteiger charge is 2.60. The number of carbonyl (C=O) groups is 2. The number of hydrogen-bond acceptors (Lipinski definition) is 6. The summed E-state index contributed by atoms with van der Waals surface area (Å²) in [6.07, 6.45) is -0.0686. The topological polar surface area (TPSA) is 79.3 Å². The third kappa shape index (κ3) is 3.70. The second-order valence-corrected chi connectivity index (χ2v) is 8.11. The standard InChI is InChI=1S/C26H24N2O5/c1-2-15-32-21-13-11-18(12-14-21)27-25(30)22-23(17-7-6-10-20(29)16-17)28(33-24(22)26(27)31)19-8-4-3-5-9-19/h3-14,16,22-24,29H,2,15H2,1H3/t22-,23-,24+/m0/s1. The maximum atomic E-state index is 13.6. The van der Waals surface area contributed by atoms with Gasteiger partial charge in [-0.05, 0) is 60.5 Å². The summed E-state index contributed by atoms with van der Waals surface area (Å²) in [6, 6.07) is 22.4. The van der Waals surface area contributed by atoms with Crippen molar-refractivity contribution in [1.29, 1.82) is 0 Å². The van der Waals surface area contributed by atoms with Gasteiger partial charge in [0.05, 0.1) is 24.0 Å². The first-order valence-electron chi connectivity index (χ1n) is 11.0. The van der Waals surface area contributed by atoms with Gasteiger partial charge in [0.1, 0.15) is 17.4 Å². The predicted molar refractivity (Wildman–Crippen MR) is 123 cm³/mol. The second kappa shape index (κ2) is 8.60. The van der Waals surface area contributed by atoms with E-state index in [2.05, 4.69) is 0 Å². The van der Waals surface area contributed by atoms with Crippen molar-refractivity contribution in [3.05, 3.63) is 84.4 Å². The SMILES string of the molecule is CCCOc1ccc(N2C(=O)[C@@H]3[C@@H](ON(c4ccccc4)[C@H]3c3cccc(O)c3)C2=O)cc1. The highest BCUT2D eigenvalue weighted by atomic mass is 16.7. The molecule has 2 amide bonds. The van der Waals surface area contributed by atoms with Crippen molar-refractivity contribution >= 4 is 23.2 Å². The lowest BCUT2D eigenvalue weighted by molar-refractivity contribution is -0.126. The number of para-hydroxylation sites is 1. The van der Waals surface area contributed by atoms with Crippen LogP contribution >= 0.6 is 0 Å². The van der Waals surface area contributed by atoms with Crippen LogP contribution in [0.3, 0.4) is 0 Å². The van der Waals surface area contributed by atoms with Gasteiger partial charge >= 0.3 is 0 Å². The Labute approximate surface area is 191 Å². The van der Waals surface area contributed by atoms with Gasteiger partial charge in [0.2, 0.25) is 5.91 Å². The van der Waals surface area contributed by atoms with Crippen LogP contribution in [0.4, 0.5) is 11.4 Å². The summed E-state index contributed by atoms with van der Waals surface area (Å²) in [6.45, 7) is 2.62. The molecule has 7 nitrogen and oxygen atoms in total. The number of hydroxylamine groups is 1. The van der Waals surface area contributed by atoms with Crippen LogP contribution in [0.15, 0.2) is 78.9 Å². The number of aromatic hydroxyl groups is 1. The van der Waals surface area contributed by atoms with Crippen LogP contribution < -0.4 is 14.7 Å². The van der Waals surface area contributed by atoms with Crippen LogP contribution in [0, 0.1) is 5.92 Å². The Morgan fingerprint density at radius 1 is 0.909 bits per heavy atom. The van der Waals surface area contributed by atoms with Gasteiger partial charge in [0, 0.05) is 0 Å². The molecule has 7 heteroatoms. The molecule has 2 fully saturated rings. The molecule has 3 atom stereocenters. The highest BCUT2D eigenvalue weighted by Crippen LogP contribution is 2.48. The Bertz CT molecular complexity index is 1160. The Morgan fingerprint density at radius 2 is 1.67 bits per heavy atom. The largest absolute Gasteiger partial charge is 0.508 e. The smallest absolute Gasteiger partial charge is 0.266 e. The number of fused-ring (bicyclic) bond motifs is 1. The number of nitrogens with zero attached hydrogens (tertiary/aromatic N) is 2. The lowest BCUT2D eigenvalue weighted by Crippen LogP contribution is -2.37. The molecular formula is C26H24N2O5. The molecule has 0 bridgehead atoms. The zero-order chi connectivity index (χ0) is 22.9. The van der Waals surface area contributed by atoms with E-state index in [9.17, 15) is 14.7 Å². The van der Waals surface area contributed by atoms with Crippen molar-refractivity contribution in [3.63, 3.8) is 0 Å². The monoisotopic (exact) mass is 444 g/mol. The van der Waals surface area contributed by atoms with Crippen molar-refractivity contribution in [2.24, 2.45) is 5.92 Å². The predicted octanol–water partition coefficient (Wildman–Crippen LogP) is 4.23. The molecule has 168 valence electrons.